The minimum atomic E-state index is -0.263. The number of hydrogen-bond acceptors (Lipinski definition) is 3. The van der Waals surface area contributed by atoms with E-state index in [9.17, 15) is 4.79 Å². The summed E-state index contributed by atoms with van der Waals surface area (Å²) < 4.78 is 4.90. The van der Waals surface area contributed by atoms with Crippen molar-refractivity contribution in [2.45, 2.75) is 58.5 Å². The SMILES string of the molecule is COC(=O)[C@@H](NC(C)c1ccc2c(c1)CCCC2)C(C)C. The number of methoxy groups -OCH3 is 1. The van der Waals surface area contributed by atoms with Gasteiger partial charge in [0.15, 0.2) is 0 Å². The van der Waals surface area contributed by atoms with Gasteiger partial charge in [0.1, 0.15) is 6.04 Å². The van der Waals surface area contributed by atoms with Crippen molar-refractivity contribution in [1.82, 2.24) is 5.32 Å². The highest BCUT2D eigenvalue weighted by Gasteiger charge is 2.25. The minimum absolute atomic E-state index is 0.142. The predicted octanol–water partition coefficient (Wildman–Crippen LogP) is 3.41. The van der Waals surface area contributed by atoms with Crippen molar-refractivity contribution < 1.29 is 9.53 Å². The van der Waals surface area contributed by atoms with E-state index in [1.165, 1.54) is 49.5 Å². The molecule has 3 nitrogen and oxygen atoms in total. The van der Waals surface area contributed by atoms with Gasteiger partial charge in [-0.2, -0.15) is 0 Å². The maximum Gasteiger partial charge on any atom is 0.323 e. The normalized spacial score (nSPS) is 17.2. The summed E-state index contributed by atoms with van der Waals surface area (Å²) in [6.07, 6.45) is 4.97. The molecule has 1 aromatic carbocycles. The number of benzene rings is 1. The molecule has 1 N–H and O–H groups in total. The molecule has 1 aromatic rings. The molecule has 21 heavy (non-hydrogen) atoms. The number of carbonyl (C=O) groups is 1. The van der Waals surface area contributed by atoms with Crippen LogP contribution in [-0.2, 0) is 22.4 Å². The van der Waals surface area contributed by atoms with Crippen LogP contribution in [0, 0.1) is 5.92 Å². The standard InChI is InChI=1S/C18H27NO2/c1-12(2)17(18(20)21-4)19-13(3)15-10-9-14-7-5-6-8-16(14)11-15/h9-13,17,19H,5-8H2,1-4H3/t13?,17-/m0/s1. The summed E-state index contributed by atoms with van der Waals surface area (Å²) in [7, 11) is 1.45. The monoisotopic (exact) mass is 289 g/mol. The summed E-state index contributed by atoms with van der Waals surface area (Å²) >= 11 is 0. The van der Waals surface area contributed by atoms with E-state index in [-0.39, 0.29) is 24.0 Å². The van der Waals surface area contributed by atoms with Gasteiger partial charge in [-0.3, -0.25) is 10.1 Å². The van der Waals surface area contributed by atoms with Crippen LogP contribution in [0.5, 0.6) is 0 Å². The van der Waals surface area contributed by atoms with Crippen LogP contribution < -0.4 is 5.32 Å². The van der Waals surface area contributed by atoms with Crippen LogP contribution in [0.2, 0.25) is 0 Å². The fourth-order valence-electron chi connectivity index (χ4n) is 3.05. The molecule has 0 bridgehead atoms. The third-order valence-electron chi connectivity index (χ3n) is 4.42. The van der Waals surface area contributed by atoms with Crippen LogP contribution in [0.1, 0.15) is 56.3 Å². The molecule has 0 fully saturated rings. The van der Waals surface area contributed by atoms with Crippen LogP contribution in [0.15, 0.2) is 18.2 Å². The van der Waals surface area contributed by atoms with Crippen molar-refractivity contribution in [2.24, 2.45) is 5.92 Å². The minimum Gasteiger partial charge on any atom is -0.468 e. The van der Waals surface area contributed by atoms with E-state index in [0.717, 1.165) is 0 Å². The second-order valence-electron chi connectivity index (χ2n) is 6.37. The van der Waals surface area contributed by atoms with Crippen LogP contribution in [0.4, 0.5) is 0 Å². The maximum absolute atomic E-state index is 11.9. The Balaban J connectivity index is 2.12. The van der Waals surface area contributed by atoms with Crippen molar-refractivity contribution in [3.05, 3.63) is 34.9 Å². The van der Waals surface area contributed by atoms with Gasteiger partial charge >= 0.3 is 5.97 Å². The lowest BCUT2D eigenvalue weighted by Crippen LogP contribution is -2.43. The summed E-state index contributed by atoms with van der Waals surface area (Å²) in [5, 5.41) is 3.42. The van der Waals surface area contributed by atoms with Gasteiger partial charge in [-0.25, -0.2) is 0 Å². The number of ether oxygens (including phenoxy) is 1. The number of carbonyl (C=O) groups excluding carboxylic acids is 1. The average Bonchev–Trinajstić information content (AvgIpc) is 2.50. The number of nitrogens with one attached hydrogen (secondary N) is 1. The molecule has 0 spiro atoms. The van der Waals surface area contributed by atoms with E-state index in [1.807, 2.05) is 13.8 Å². The van der Waals surface area contributed by atoms with Gasteiger partial charge in [0.05, 0.1) is 7.11 Å². The number of aryl methyl sites for hydroxylation is 2. The Kier molecular flexibility index (Phi) is 5.40. The lowest BCUT2D eigenvalue weighted by atomic mass is 9.89. The number of esters is 1. The van der Waals surface area contributed by atoms with Gasteiger partial charge in [0, 0.05) is 6.04 Å². The lowest BCUT2D eigenvalue weighted by molar-refractivity contribution is -0.144. The molecule has 116 valence electrons. The molecule has 0 radical (unpaired) electrons. The van der Waals surface area contributed by atoms with Gasteiger partial charge in [-0.15, -0.1) is 0 Å². The number of fused-ring (bicyclic) bond motifs is 1. The molecule has 3 heteroatoms. The van der Waals surface area contributed by atoms with Gasteiger partial charge in [0.2, 0.25) is 0 Å². The molecule has 2 rings (SSSR count). The summed E-state index contributed by atoms with van der Waals surface area (Å²) in [4.78, 5) is 11.9. The first kappa shape index (κ1) is 16.0. The molecule has 0 aromatic heterocycles. The molecule has 0 saturated carbocycles. The molecular weight excluding hydrogens is 262 g/mol. The van der Waals surface area contributed by atoms with Gasteiger partial charge < -0.3 is 4.74 Å². The first-order valence-electron chi connectivity index (χ1n) is 7.98. The van der Waals surface area contributed by atoms with E-state index in [1.54, 1.807) is 0 Å². The summed E-state index contributed by atoms with van der Waals surface area (Å²) in [6, 6.07) is 6.63. The van der Waals surface area contributed by atoms with Crippen molar-refractivity contribution in [3.63, 3.8) is 0 Å². The fourth-order valence-corrected chi connectivity index (χ4v) is 3.05. The Hall–Kier alpha value is -1.35. The Morgan fingerprint density at radius 2 is 1.81 bits per heavy atom. The highest BCUT2D eigenvalue weighted by atomic mass is 16.5. The van der Waals surface area contributed by atoms with Crippen LogP contribution in [-0.4, -0.2) is 19.1 Å². The third-order valence-corrected chi connectivity index (χ3v) is 4.42. The molecule has 0 aliphatic heterocycles. The zero-order chi connectivity index (χ0) is 15.4. The van der Waals surface area contributed by atoms with Crippen molar-refractivity contribution in [1.29, 1.82) is 0 Å². The molecule has 0 heterocycles. The van der Waals surface area contributed by atoms with Crippen molar-refractivity contribution in [2.75, 3.05) is 7.11 Å². The summed E-state index contributed by atoms with van der Waals surface area (Å²) in [5.41, 5.74) is 4.22. The predicted molar refractivity (Wildman–Crippen MR) is 85.3 cm³/mol. The molecular formula is C18H27NO2. The van der Waals surface area contributed by atoms with Crippen molar-refractivity contribution >= 4 is 5.97 Å². The zero-order valence-electron chi connectivity index (χ0n) is 13.6. The molecule has 0 saturated heterocycles. The largest absolute Gasteiger partial charge is 0.468 e. The van der Waals surface area contributed by atoms with E-state index >= 15 is 0 Å². The van der Waals surface area contributed by atoms with Crippen LogP contribution in [0.25, 0.3) is 0 Å². The Bertz CT molecular complexity index is 496. The molecule has 1 aliphatic carbocycles. The average molecular weight is 289 g/mol. The van der Waals surface area contributed by atoms with Crippen molar-refractivity contribution in [3.8, 4) is 0 Å². The Morgan fingerprint density at radius 1 is 1.14 bits per heavy atom. The van der Waals surface area contributed by atoms with E-state index in [0.29, 0.717) is 0 Å². The van der Waals surface area contributed by atoms with Gasteiger partial charge in [0.25, 0.3) is 0 Å². The second-order valence-corrected chi connectivity index (χ2v) is 6.37. The van der Waals surface area contributed by atoms with Crippen LogP contribution in [0.3, 0.4) is 0 Å². The molecule has 0 amide bonds. The quantitative estimate of drug-likeness (QED) is 0.844. The lowest BCUT2D eigenvalue weighted by Gasteiger charge is -2.25. The fraction of sp³-hybridized carbons (Fsp3) is 0.611. The third kappa shape index (κ3) is 3.85. The topological polar surface area (TPSA) is 38.3 Å². The summed E-state index contributed by atoms with van der Waals surface area (Å²) in [5.74, 6) is 0.0207. The second kappa shape index (κ2) is 7.08. The molecule has 1 aliphatic rings. The Labute approximate surface area is 128 Å². The van der Waals surface area contributed by atoms with E-state index in [2.05, 4.69) is 30.4 Å². The zero-order valence-corrected chi connectivity index (χ0v) is 13.6. The first-order chi connectivity index (χ1) is 10.0. The van der Waals surface area contributed by atoms with E-state index < -0.39 is 0 Å². The Morgan fingerprint density at radius 3 is 2.43 bits per heavy atom. The molecule has 2 atom stereocenters. The molecule has 1 unspecified atom stereocenters. The van der Waals surface area contributed by atoms with Gasteiger partial charge in [-0.1, -0.05) is 32.0 Å². The highest BCUT2D eigenvalue weighted by molar-refractivity contribution is 5.76. The first-order valence-corrected chi connectivity index (χ1v) is 7.98. The summed E-state index contributed by atoms with van der Waals surface area (Å²) in [6.45, 7) is 6.19. The number of rotatable bonds is 5. The van der Waals surface area contributed by atoms with E-state index in [4.69, 9.17) is 4.74 Å². The maximum atomic E-state index is 11.9. The van der Waals surface area contributed by atoms with Gasteiger partial charge in [-0.05, 0) is 55.2 Å². The number of hydrogen-bond donors (Lipinski definition) is 1. The smallest absolute Gasteiger partial charge is 0.323 e. The highest BCUT2D eigenvalue weighted by Crippen LogP contribution is 2.25. The van der Waals surface area contributed by atoms with Crippen LogP contribution >= 0.6 is 0 Å².